The fourth-order valence-corrected chi connectivity index (χ4v) is 2.16. The van der Waals surface area contributed by atoms with Crippen LogP contribution in [0.4, 0.5) is 5.69 Å². The standard InChI is InChI=1S/C14H18N2O/c1-11-4-5-12(9-15)13(8-11)16-10-14(2)6-3-7-17-14/h4-5,8,16H,3,6-7,10H2,1-2H3. The SMILES string of the molecule is Cc1ccc(C#N)c(NCC2(C)CCCO2)c1. The van der Waals surface area contributed by atoms with Crippen LogP contribution in [0, 0.1) is 18.3 Å². The van der Waals surface area contributed by atoms with Crippen LogP contribution in [0.5, 0.6) is 0 Å². The van der Waals surface area contributed by atoms with Crippen LogP contribution in [-0.2, 0) is 4.74 Å². The van der Waals surface area contributed by atoms with E-state index in [4.69, 9.17) is 10.00 Å². The van der Waals surface area contributed by atoms with Crippen molar-refractivity contribution in [2.45, 2.75) is 32.3 Å². The van der Waals surface area contributed by atoms with Gasteiger partial charge in [-0.1, -0.05) is 6.07 Å². The topological polar surface area (TPSA) is 45.0 Å². The molecule has 1 heterocycles. The van der Waals surface area contributed by atoms with Crippen LogP contribution < -0.4 is 5.32 Å². The molecule has 1 aliphatic heterocycles. The zero-order valence-electron chi connectivity index (χ0n) is 10.4. The zero-order valence-corrected chi connectivity index (χ0v) is 10.4. The first-order chi connectivity index (χ1) is 8.13. The summed E-state index contributed by atoms with van der Waals surface area (Å²) in [6, 6.07) is 8.03. The highest BCUT2D eigenvalue weighted by atomic mass is 16.5. The number of hydrogen-bond donors (Lipinski definition) is 1. The van der Waals surface area contributed by atoms with Gasteiger partial charge in [0.25, 0.3) is 0 Å². The van der Waals surface area contributed by atoms with E-state index in [1.54, 1.807) is 0 Å². The van der Waals surface area contributed by atoms with Gasteiger partial charge in [0.1, 0.15) is 6.07 Å². The molecule has 1 aliphatic rings. The molecule has 2 rings (SSSR count). The fourth-order valence-electron chi connectivity index (χ4n) is 2.16. The molecule has 1 fully saturated rings. The minimum Gasteiger partial charge on any atom is -0.381 e. The maximum atomic E-state index is 9.04. The molecule has 0 saturated carbocycles. The van der Waals surface area contributed by atoms with Gasteiger partial charge in [0, 0.05) is 13.2 Å². The molecule has 3 nitrogen and oxygen atoms in total. The van der Waals surface area contributed by atoms with E-state index < -0.39 is 0 Å². The molecule has 1 unspecified atom stereocenters. The lowest BCUT2D eigenvalue weighted by atomic mass is 10.0. The van der Waals surface area contributed by atoms with Crippen LogP contribution in [0.2, 0.25) is 0 Å². The van der Waals surface area contributed by atoms with Crippen LogP contribution in [0.1, 0.15) is 30.9 Å². The summed E-state index contributed by atoms with van der Waals surface area (Å²) in [5, 5.41) is 12.4. The lowest BCUT2D eigenvalue weighted by Gasteiger charge is -2.24. The Bertz CT molecular complexity index is 442. The van der Waals surface area contributed by atoms with E-state index in [-0.39, 0.29) is 5.60 Å². The van der Waals surface area contributed by atoms with Crippen LogP contribution in [0.25, 0.3) is 0 Å². The molecule has 1 N–H and O–H groups in total. The molecule has 1 aromatic rings. The van der Waals surface area contributed by atoms with Crippen molar-refractivity contribution in [3.05, 3.63) is 29.3 Å². The quantitative estimate of drug-likeness (QED) is 0.868. The average molecular weight is 230 g/mol. The Morgan fingerprint density at radius 1 is 1.53 bits per heavy atom. The summed E-state index contributed by atoms with van der Waals surface area (Å²) in [7, 11) is 0. The van der Waals surface area contributed by atoms with Crippen molar-refractivity contribution in [3.8, 4) is 6.07 Å². The molecule has 3 heteroatoms. The van der Waals surface area contributed by atoms with Gasteiger partial charge in [-0.3, -0.25) is 0 Å². The Kier molecular flexibility index (Phi) is 3.35. The molecule has 0 spiro atoms. The van der Waals surface area contributed by atoms with E-state index >= 15 is 0 Å². The van der Waals surface area contributed by atoms with E-state index in [0.29, 0.717) is 5.56 Å². The second kappa shape index (κ2) is 4.77. The number of rotatable bonds is 3. The highest BCUT2D eigenvalue weighted by molar-refractivity contribution is 5.58. The summed E-state index contributed by atoms with van der Waals surface area (Å²) in [5.41, 5.74) is 2.67. The van der Waals surface area contributed by atoms with Crippen molar-refractivity contribution in [1.29, 1.82) is 5.26 Å². The number of nitriles is 1. The van der Waals surface area contributed by atoms with Crippen molar-refractivity contribution in [1.82, 2.24) is 0 Å². The molecule has 0 aliphatic carbocycles. The van der Waals surface area contributed by atoms with Gasteiger partial charge >= 0.3 is 0 Å². The van der Waals surface area contributed by atoms with Gasteiger partial charge in [-0.05, 0) is 44.4 Å². The normalized spacial score (nSPS) is 23.4. The molecular formula is C14H18N2O. The van der Waals surface area contributed by atoms with Crippen molar-refractivity contribution in [3.63, 3.8) is 0 Å². The Hall–Kier alpha value is -1.53. The molecule has 1 atom stereocenters. The van der Waals surface area contributed by atoms with Crippen LogP contribution in [0.15, 0.2) is 18.2 Å². The highest BCUT2D eigenvalue weighted by Crippen LogP contribution is 2.26. The van der Waals surface area contributed by atoms with Crippen molar-refractivity contribution in [2.24, 2.45) is 0 Å². The third-order valence-electron chi connectivity index (χ3n) is 3.25. The second-order valence-electron chi connectivity index (χ2n) is 4.92. The van der Waals surface area contributed by atoms with Gasteiger partial charge in [0.2, 0.25) is 0 Å². The third kappa shape index (κ3) is 2.78. The summed E-state index contributed by atoms with van der Waals surface area (Å²) < 4.78 is 5.72. The number of ether oxygens (including phenoxy) is 1. The van der Waals surface area contributed by atoms with Crippen molar-refractivity contribution in [2.75, 3.05) is 18.5 Å². The summed E-state index contributed by atoms with van der Waals surface area (Å²) in [4.78, 5) is 0. The lowest BCUT2D eigenvalue weighted by Crippen LogP contribution is -2.32. The second-order valence-corrected chi connectivity index (χ2v) is 4.92. The fraction of sp³-hybridized carbons (Fsp3) is 0.500. The number of benzene rings is 1. The minimum absolute atomic E-state index is 0.0868. The summed E-state index contributed by atoms with van der Waals surface area (Å²) >= 11 is 0. The third-order valence-corrected chi connectivity index (χ3v) is 3.25. The van der Waals surface area contributed by atoms with Crippen LogP contribution in [0.3, 0.4) is 0 Å². The van der Waals surface area contributed by atoms with Gasteiger partial charge in [0.05, 0.1) is 16.9 Å². The number of anilines is 1. The van der Waals surface area contributed by atoms with E-state index in [9.17, 15) is 0 Å². The molecule has 0 aromatic heterocycles. The molecular weight excluding hydrogens is 212 g/mol. The van der Waals surface area contributed by atoms with E-state index in [2.05, 4.69) is 18.3 Å². The predicted octanol–water partition coefficient (Wildman–Crippen LogP) is 2.85. The summed E-state index contributed by atoms with van der Waals surface area (Å²) in [6.07, 6.45) is 2.20. The van der Waals surface area contributed by atoms with Gasteiger partial charge < -0.3 is 10.1 Å². The van der Waals surface area contributed by atoms with Crippen molar-refractivity contribution < 1.29 is 4.74 Å². The zero-order chi connectivity index (χ0) is 12.3. The van der Waals surface area contributed by atoms with Crippen LogP contribution >= 0.6 is 0 Å². The molecule has 17 heavy (non-hydrogen) atoms. The Morgan fingerprint density at radius 3 is 3.00 bits per heavy atom. The number of aryl methyl sites for hydroxylation is 1. The van der Waals surface area contributed by atoms with Crippen LogP contribution in [-0.4, -0.2) is 18.8 Å². The maximum absolute atomic E-state index is 9.04. The van der Waals surface area contributed by atoms with E-state index in [1.165, 1.54) is 0 Å². The lowest BCUT2D eigenvalue weighted by molar-refractivity contribution is 0.0315. The number of nitrogens with zero attached hydrogens (tertiary/aromatic N) is 1. The average Bonchev–Trinajstić information content (AvgIpc) is 2.74. The predicted molar refractivity (Wildman–Crippen MR) is 68.0 cm³/mol. The molecule has 1 aromatic carbocycles. The molecule has 0 bridgehead atoms. The largest absolute Gasteiger partial charge is 0.381 e. The van der Waals surface area contributed by atoms with Gasteiger partial charge in [-0.15, -0.1) is 0 Å². The Labute approximate surface area is 102 Å². The number of nitrogens with one attached hydrogen (secondary N) is 1. The highest BCUT2D eigenvalue weighted by Gasteiger charge is 2.29. The van der Waals surface area contributed by atoms with Crippen molar-refractivity contribution >= 4 is 5.69 Å². The summed E-state index contributed by atoms with van der Waals surface area (Å²) in [6.45, 7) is 5.75. The van der Waals surface area contributed by atoms with Gasteiger partial charge in [-0.25, -0.2) is 0 Å². The monoisotopic (exact) mass is 230 g/mol. The molecule has 0 radical (unpaired) electrons. The number of hydrogen-bond acceptors (Lipinski definition) is 3. The summed E-state index contributed by atoms with van der Waals surface area (Å²) in [5.74, 6) is 0. The molecule has 1 saturated heterocycles. The smallest absolute Gasteiger partial charge is 0.101 e. The van der Waals surface area contributed by atoms with Gasteiger partial charge in [-0.2, -0.15) is 5.26 Å². The first kappa shape index (κ1) is 11.9. The molecule has 90 valence electrons. The Balaban J connectivity index is 2.08. The molecule has 0 amide bonds. The Morgan fingerprint density at radius 2 is 2.35 bits per heavy atom. The first-order valence-corrected chi connectivity index (χ1v) is 6.02. The first-order valence-electron chi connectivity index (χ1n) is 6.02. The van der Waals surface area contributed by atoms with E-state index in [0.717, 1.165) is 37.2 Å². The maximum Gasteiger partial charge on any atom is 0.101 e. The van der Waals surface area contributed by atoms with Gasteiger partial charge in [0.15, 0.2) is 0 Å². The van der Waals surface area contributed by atoms with E-state index in [1.807, 2.05) is 25.1 Å². The minimum atomic E-state index is -0.0868.